The number of hydrogen-bond acceptors (Lipinski definition) is 6. The summed E-state index contributed by atoms with van der Waals surface area (Å²) in [6.45, 7) is 2.35. The second kappa shape index (κ2) is 9.83. The lowest BCUT2D eigenvalue weighted by molar-refractivity contribution is -0.142. The SMILES string of the molecule is CCOC(=O)C1=C(Nc2ccccc2)C(=O)OC1c1ccc(OCc2ccccc2)cc1. The van der Waals surface area contributed by atoms with Crippen molar-refractivity contribution in [1.82, 2.24) is 0 Å². The largest absolute Gasteiger partial charge is 0.489 e. The number of carbonyl (C=O) groups excluding carboxylic acids is 2. The molecule has 1 aliphatic rings. The third-order valence-corrected chi connectivity index (χ3v) is 4.93. The fourth-order valence-electron chi connectivity index (χ4n) is 3.38. The van der Waals surface area contributed by atoms with Gasteiger partial charge in [-0.15, -0.1) is 0 Å². The van der Waals surface area contributed by atoms with Gasteiger partial charge < -0.3 is 19.5 Å². The Balaban J connectivity index is 1.57. The summed E-state index contributed by atoms with van der Waals surface area (Å²) >= 11 is 0. The molecule has 0 fully saturated rings. The molecule has 0 saturated carbocycles. The molecule has 0 spiro atoms. The second-order valence-electron chi connectivity index (χ2n) is 7.13. The number of anilines is 1. The van der Waals surface area contributed by atoms with E-state index in [-0.39, 0.29) is 17.9 Å². The van der Waals surface area contributed by atoms with Crippen LogP contribution in [-0.4, -0.2) is 18.5 Å². The molecule has 6 heteroatoms. The summed E-state index contributed by atoms with van der Waals surface area (Å²) < 4.78 is 16.6. The van der Waals surface area contributed by atoms with Crippen LogP contribution in [-0.2, 0) is 25.7 Å². The Kier molecular flexibility index (Phi) is 6.51. The van der Waals surface area contributed by atoms with Gasteiger partial charge in [0.2, 0.25) is 0 Å². The number of rotatable bonds is 8. The number of carbonyl (C=O) groups is 2. The Labute approximate surface area is 186 Å². The standard InChI is InChI=1S/C26H23NO5/c1-2-30-25(28)22-23(27-20-11-7-4-8-12-20)26(29)32-24(22)19-13-15-21(16-14-19)31-17-18-9-5-3-6-10-18/h3-16,24,27H,2,17H2,1H3. The van der Waals surface area contributed by atoms with Crippen molar-refractivity contribution in [1.29, 1.82) is 0 Å². The van der Waals surface area contributed by atoms with E-state index in [1.807, 2.05) is 48.5 Å². The van der Waals surface area contributed by atoms with E-state index < -0.39 is 18.0 Å². The van der Waals surface area contributed by atoms with E-state index >= 15 is 0 Å². The highest BCUT2D eigenvalue weighted by atomic mass is 16.6. The van der Waals surface area contributed by atoms with E-state index in [1.165, 1.54) is 0 Å². The summed E-state index contributed by atoms with van der Waals surface area (Å²) in [6.07, 6.45) is -0.865. The van der Waals surface area contributed by atoms with Gasteiger partial charge in [0.15, 0.2) is 6.10 Å². The molecule has 1 heterocycles. The maximum absolute atomic E-state index is 12.7. The Hall–Kier alpha value is -4.06. The summed E-state index contributed by atoms with van der Waals surface area (Å²) in [5.74, 6) is -0.524. The Morgan fingerprint density at radius 3 is 2.25 bits per heavy atom. The molecule has 0 radical (unpaired) electrons. The minimum Gasteiger partial charge on any atom is -0.489 e. The lowest BCUT2D eigenvalue weighted by atomic mass is 10.0. The van der Waals surface area contributed by atoms with Crippen molar-refractivity contribution in [3.05, 3.63) is 107 Å². The maximum Gasteiger partial charge on any atom is 0.356 e. The summed E-state index contributed by atoms with van der Waals surface area (Å²) in [4.78, 5) is 25.4. The van der Waals surface area contributed by atoms with Gasteiger partial charge in [0.25, 0.3) is 0 Å². The first-order chi connectivity index (χ1) is 15.7. The van der Waals surface area contributed by atoms with E-state index in [4.69, 9.17) is 14.2 Å². The number of nitrogens with one attached hydrogen (secondary N) is 1. The van der Waals surface area contributed by atoms with Gasteiger partial charge in [-0.25, -0.2) is 9.59 Å². The zero-order valence-electron chi connectivity index (χ0n) is 17.6. The second-order valence-corrected chi connectivity index (χ2v) is 7.13. The van der Waals surface area contributed by atoms with Gasteiger partial charge in [-0.3, -0.25) is 0 Å². The van der Waals surface area contributed by atoms with Crippen LogP contribution in [0.4, 0.5) is 5.69 Å². The molecule has 4 rings (SSSR count). The van der Waals surface area contributed by atoms with Crippen LogP contribution in [0.3, 0.4) is 0 Å². The zero-order valence-corrected chi connectivity index (χ0v) is 17.6. The summed E-state index contributed by atoms with van der Waals surface area (Å²) in [5.41, 5.74) is 2.62. The molecule has 0 bridgehead atoms. The van der Waals surface area contributed by atoms with Gasteiger partial charge in [0.1, 0.15) is 23.6 Å². The average molecular weight is 429 g/mol. The molecule has 1 N–H and O–H groups in total. The normalized spacial score (nSPS) is 15.3. The third kappa shape index (κ3) is 4.81. The number of esters is 2. The number of ether oxygens (including phenoxy) is 3. The van der Waals surface area contributed by atoms with Crippen LogP contribution in [0, 0.1) is 0 Å². The highest BCUT2D eigenvalue weighted by molar-refractivity contribution is 6.06. The highest BCUT2D eigenvalue weighted by Gasteiger charge is 2.40. The van der Waals surface area contributed by atoms with E-state index in [0.717, 1.165) is 5.56 Å². The predicted octanol–water partition coefficient (Wildman–Crippen LogP) is 4.79. The van der Waals surface area contributed by atoms with Gasteiger partial charge in [-0.1, -0.05) is 60.7 Å². The van der Waals surface area contributed by atoms with E-state index in [9.17, 15) is 9.59 Å². The topological polar surface area (TPSA) is 73.9 Å². The molecule has 3 aromatic carbocycles. The Morgan fingerprint density at radius 2 is 1.59 bits per heavy atom. The summed E-state index contributed by atoms with van der Waals surface area (Å²) in [5, 5.41) is 3.01. The van der Waals surface area contributed by atoms with E-state index in [0.29, 0.717) is 23.6 Å². The van der Waals surface area contributed by atoms with Crippen LogP contribution in [0.5, 0.6) is 5.75 Å². The van der Waals surface area contributed by atoms with Crippen molar-refractivity contribution in [2.45, 2.75) is 19.6 Å². The summed E-state index contributed by atoms with van der Waals surface area (Å²) in [7, 11) is 0. The molecule has 32 heavy (non-hydrogen) atoms. The molecule has 6 nitrogen and oxygen atoms in total. The molecular weight excluding hydrogens is 406 g/mol. The maximum atomic E-state index is 12.7. The lowest BCUT2D eigenvalue weighted by Gasteiger charge is -2.14. The van der Waals surface area contributed by atoms with Crippen molar-refractivity contribution >= 4 is 17.6 Å². The van der Waals surface area contributed by atoms with Gasteiger partial charge in [0, 0.05) is 5.69 Å². The predicted molar refractivity (Wildman–Crippen MR) is 120 cm³/mol. The fraction of sp³-hybridized carbons (Fsp3) is 0.154. The Morgan fingerprint density at radius 1 is 0.938 bits per heavy atom. The van der Waals surface area contributed by atoms with Crippen LogP contribution in [0.1, 0.15) is 24.2 Å². The molecule has 1 atom stereocenters. The van der Waals surface area contributed by atoms with Gasteiger partial charge in [0.05, 0.1) is 6.61 Å². The Bertz CT molecular complexity index is 1110. The van der Waals surface area contributed by atoms with Gasteiger partial charge in [-0.2, -0.15) is 0 Å². The van der Waals surface area contributed by atoms with Crippen LogP contribution < -0.4 is 10.1 Å². The number of para-hydroxylation sites is 1. The molecule has 3 aromatic rings. The molecular formula is C26H23NO5. The number of cyclic esters (lactones) is 1. The summed E-state index contributed by atoms with van der Waals surface area (Å²) in [6, 6.07) is 26.1. The van der Waals surface area contributed by atoms with Crippen molar-refractivity contribution in [2.75, 3.05) is 11.9 Å². The molecule has 1 aliphatic heterocycles. The molecule has 0 saturated heterocycles. The van der Waals surface area contributed by atoms with Gasteiger partial charge >= 0.3 is 11.9 Å². The average Bonchev–Trinajstić information content (AvgIpc) is 3.15. The first-order valence-corrected chi connectivity index (χ1v) is 10.4. The monoisotopic (exact) mass is 429 g/mol. The third-order valence-electron chi connectivity index (χ3n) is 4.93. The quantitative estimate of drug-likeness (QED) is 0.519. The molecule has 0 aliphatic carbocycles. The van der Waals surface area contributed by atoms with Crippen molar-refractivity contribution < 1.29 is 23.8 Å². The minimum absolute atomic E-state index is 0.0871. The van der Waals surface area contributed by atoms with Crippen molar-refractivity contribution in [3.8, 4) is 5.75 Å². The fourth-order valence-corrected chi connectivity index (χ4v) is 3.38. The number of benzene rings is 3. The molecule has 1 unspecified atom stereocenters. The first-order valence-electron chi connectivity index (χ1n) is 10.4. The van der Waals surface area contributed by atoms with E-state index in [1.54, 1.807) is 43.3 Å². The molecule has 162 valence electrons. The highest BCUT2D eigenvalue weighted by Crippen LogP contribution is 2.37. The first kappa shape index (κ1) is 21.2. The van der Waals surface area contributed by atoms with Crippen LogP contribution in [0.15, 0.2) is 96.2 Å². The lowest BCUT2D eigenvalue weighted by Crippen LogP contribution is -2.16. The van der Waals surface area contributed by atoms with Crippen molar-refractivity contribution in [3.63, 3.8) is 0 Å². The smallest absolute Gasteiger partial charge is 0.356 e. The minimum atomic E-state index is -0.865. The molecule has 0 amide bonds. The van der Waals surface area contributed by atoms with E-state index in [2.05, 4.69) is 5.32 Å². The van der Waals surface area contributed by atoms with Crippen LogP contribution >= 0.6 is 0 Å². The molecule has 0 aromatic heterocycles. The number of hydrogen-bond donors (Lipinski definition) is 1. The van der Waals surface area contributed by atoms with Crippen LogP contribution in [0.2, 0.25) is 0 Å². The zero-order chi connectivity index (χ0) is 22.3. The van der Waals surface area contributed by atoms with Gasteiger partial charge in [-0.05, 0) is 42.3 Å². The van der Waals surface area contributed by atoms with Crippen LogP contribution in [0.25, 0.3) is 0 Å². The van der Waals surface area contributed by atoms with Crippen molar-refractivity contribution in [2.24, 2.45) is 0 Å².